The van der Waals surface area contributed by atoms with Crippen LogP contribution >= 0.6 is 11.6 Å². The third kappa shape index (κ3) is 4.69. The summed E-state index contributed by atoms with van der Waals surface area (Å²) in [4.78, 5) is 3.70. The van der Waals surface area contributed by atoms with Crippen LogP contribution in [0.4, 0.5) is 5.82 Å². The van der Waals surface area contributed by atoms with Gasteiger partial charge in [0.1, 0.15) is 4.90 Å². The van der Waals surface area contributed by atoms with Crippen molar-refractivity contribution in [1.82, 2.24) is 9.71 Å². The maximum absolute atomic E-state index is 11.9. The molecule has 0 aromatic carbocycles. The highest BCUT2D eigenvalue weighted by Gasteiger charge is 2.16. The molecule has 0 saturated carbocycles. The highest BCUT2D eigenvalue weighted by atomic mass is 35.5. The summed E-state index contributed by atoms with van der Waals surface area (Å²) in [7, 11) is -4.73. The lowest BCUT2D eigenvalue weighted by atomic mass is 10.5. The van der Waals surface area contributed by atoms with Crippen molar-refractivity contribution in [2.24, 2.45) is 5.84 Å². The topological polar surface area (TPSA) is 114 Å². The highest BCUT2D eigenvalue weighted by Crippen LogP contribution is 2.21. The maximum atomic E-state index is 11.9. The Morgan fingerprint density at radius 3 is 2.74 bits per heavy atom. The molecule has 0 saturated heterocycles. The first-order valence-corrected chi connectivity index (χ1v) is 8.72. The molecule has 0 aliphatic heterocycles. The Kier molecular flexibility index (Phi) is 6.14. The quantitative estimate of drug-likeness (QED) is 0.482. The van der Waals surface area contributed by atoms with E-state index in [1.54, 1.807) is 6.92 Å². The largest absolute Gasteiger partial charge is 0.307 e. The number of hydrogen-bond acceptors (Lipinski definition) is 6. The second-order valence-corrected chi connectivity index (χ2v) is 7.52. The average Bonchev–Trinajstić information content (AvgIpc) is 2.38. The van der Waals surface area contributed by atoms with Crippen molar-refractivity contribution in [2.45, 2.75) is 11.8 Å². The lowest BCUT2D eigenvalue weighted by molar-refractivity contribution is 0.583. The van der Waals surface area contributed by atoms with E-state index < -0.39 is 20.8 Å². The number of rotatable bonds is 7. The number of sulfonamides is 1. The van der Waals surface area contributed by atoms with E-state index >= 15 is 0 Å². The van der Waals surface area contributed by atoms with Crippen molar-refractivity contribution < 1.29 is 12.6 Å². The smallest absolute Gasteiger partial charge is 0.242 e. The summed E-state index contributed by atoms with van der Waals surface area (Å²) in [5.74, 6) is 6.09. The highest BCUT2D eigenvalue weighted by molar-refractivity contribution is 7.89. The van der Waals surface area contributed by atoms with Crippen molar-refractivity contribution in [3.63, 3.8) is 0 Å². The van der Waals surface area contributed by atoms with Crippen molar-refractivity contribution in [2.75, 3.05) is 23.5 Å². The Morgan fingerprint density at radius 1 is 1.53 bits per heavy atom. The van der Waals surface area contributed by atoms with Crippen LogP contribution in [0.1, 0.15) is 6.92 Å². The normalized spacial score (nSPS) is 13.2. The van der Waals surface area contributed by atoms with Crippen molar-refractivity contribution >= 4 is 38.2 Å². The van der Waals surface area contributed by atoms with Gasteiger partial charge in [-0.05, 0) is 6.07 Å². The molecular formula is C9H15ClN4O3S2. The van der Waals surface area contributed by atoms with E-state index in [4.69, 9.17) is 17.4 Å². The number of nitrogen functional groups attached to an aromatic ring is 1. The van der Waals surface area contributed by atoms with E-state index in [-0.39, 0.29) is 28.0 Å². The minimum absolute atomic E-state index is 0.0706. The molecule has 19 heavy (non-hydrogen) atoms. The first-order valence-electron chi connectivity index (χ1n) is 5.37. The molecule has 4 N–H and O–H groups in total. The number of hydrazine groups is 1. The van der Waals surface area contributed by atoms with Gasteiger partial charge >= 0.3 is 0 Å². The Bertz CT molecular complexity index is 565. The summed E-state index contributed by atoms with van der Waals surface area (Å²) in [5, 5.41) is 0.0995. The molecule has 7 nitrogen and oxygen atoms in total. The van der Waals surface area contributed by atoms with E-state index in [9.17, 15) is 12.6 Å². The van der Waals surface area contributed by atoms with Crippen LogP contribution in [0.3, 0.4) is 0 Å². The number of nitrogens with one attached hydrogen (secondary N) is 2. The monoisotopic (exact) mass is 326 g/mol. The van der Waals surface area contributed by atoms with Crippen LogP contribution in [0.5, 0.6) is 0 Å². The zero-order chi connectivity index (χ0) is 14.5. The van der Waals surface area contributed by atoms with Crippen LogP contribution < -0.4 is 16.0 Å². The van der Waals surface area contributed by atoms with Crippen LogP contribution in [0, 0.1) is 0 Å². The fourth-order valence-corrected chi connectivity index (χ4v) is 3.23. The molecule has 1 unspecified atom stereocenters. The number of nitrogens with two attached hydrogens (primary N) is 1. The number of nitrogens with zero attached hydrogens (tertiary/aromatic N) is 1. The predicted molar refractivity (Wildman–Crippen MR) is 75.8 cm³/mol. The lowest BCUT2D eigenvalue weighted by Crippen LogP contribution is -2.28. The zero-order valence-corrected chi connectivity index (χ0v) is 12.6. The van der Waals surface area contributed by atoms with Gasteiger partial charge in [0.15, 0.2) is 5.82 Å². The number of halogens is 1. The molecule has 1 aromatic rings. The fourth-order valence-electron chi connectivity index (χ4n) is 1.19. The molecule has 10 heteroatoms. The van der Waals surface area contributed by atoms with Crippen molar-refractivity contribution in [3.8, 4) is 0 Å². The molecule has 1 atom stereocenters. The Balaban J connectivity index is 2.77. The SMILES string of the molecule is CCS(=O)CCNS(=O)(=O)c1cnc(NN)c(Cl)c1. The van der Waals surface area contributed by atoms with E-state index in [2.05, 4.69) is 15.1 Å². The van der Waals surface area contributed by atoms with Crippen molar-refractivity contribution in [1.29, 1.82) is 0 Å². The Labute approximate surface area is 119 Å². The van der Waals surface area contributed by atoms with Crippen LogP contribution in [0.25, 0.3) is 0 Å². The molecule has 0 amide bonds. The third-order valence-electron chi connectivity index (χ3n) is 2.21. The van der Waals surface area contributed by atoms with Gasteiger partial charge in [-0.2, -0.15) is 0 Å². The molecule has 0 fully saturated rings. The number of anilines is 1. The third-order valence-corrected chi connectivity index (χ3v) is 5.23. The Hall–Kier alpha value is -0.740. The minimum atomic E-state index is -3.71. The second kappa shape index (κ2) is 7.15. The second-order valence-electron chi connectivity index (χ2n) is 3.48. The molecule has 0 radical (unpaired) electrons. The zero-order valence-electron chi connectivity index (χ0n) is 10.2. The molecule has 0 bridgehead atoms. The van der Waals surface area contributed by atoms with Crippen molar-refractivity contribution in [3.05, 3.63) is 17.3 Å². The molecule has 1 rings (SSSR count). The lowest BCUT2D eigenvalue weighted by Gasteiger charge is -2.08. The number of aromatic nitrogens is 1. The Morgan fingerprint density at radius 2 is 2.21 bits per heavy atom. The summed E-state index contributed by atoms with van der Waals surface area (Å²) in [6, 6.07) is 1.24. The van der Waals surface area contributed by atoms with Gasteiger partial charge in [-0.25, -0.2) is 24.0 Å². The first-order chi connectivity index (χ1) is 8.90. The van der Waals surface area contributed by atoms with Gasteiger partial charge in [0.25, 0.3) is 0 Å². The van der Waals surface area contributed by atoms with E-state index in [0.717, 1.165) is 6.20 Å². The standard InChI is InChI=1S/C9H15ClN4O3S2/c1-2-18(15)4-3-13-19(16,17)7-5-8(10)9(14-11)12-6-7/h5-6,13H,2-4,11H2,1H3,(H,12,14). The van der Waals surface area contributed by atoms with Gasteiger partial charge in [0.05, 0.1) is 5.02 Å². The number of hydrogen-bond donors (Lipinski definition) is 3. The molecule has 1 aromatic heterocycles. The molecule has 108 valence electrons. The van der Waals surface area contributed by atoms with E-state index in [1.807, 2.05) is 0 Å². The van der Waals surface area contributed by atoms with Gasteiger partial charge in [-0.15, -0.1) is 0 Å². The van der Waals surface area contributed by atoms with Gasteiger partial charge in [0.2, 0.25) is 10.0 Å². The first kappa shape index (κ1) is 16.3. The van der Waals surface area contributed by atoms with E-state index in [1.165, 1.54) is 6.07 Å². The van der Waals surface area contributed by atoms with Gasteiger partial charge in [0, 0.05) is 35.0 Å². The summed E-state index contributed by atoms with van der Waals surface area (Å²) >= 11 is 5.80. The average molecular weight is 327 g/mol. The van der Waals surface area contributed by atoms with Crippen LogP contribution in [0.15, 0.2) is 17.2 Å². The minimum Gasteiger partial charge on any atom is -0.307 e. The predicted octanol–water partition coefficient (Wildman–Crippen LogP) is 0.0675. The van der Waals surface area contributed by atoms with E-state index in [0.29, 0.717) is 5.75 Å². The molecule has 0 aliphatic carbocycles. The summed E-state index contributed by atoms with van der Waals surface area (Å²) in [5.41, 5.74) is 2.24. The van der Waals surface area contributed by atoms with Gasteiger partial charge < -0.3 is 5.43 Å². The fraction of sp³-hybridized carbons (Fsp3) is 0.444. The summed E-state index contributed by atoms with van der Waals surface area (Å²) in [6.45, 7) is 1.87. The summed E-state index contributed by atoms with van der Waals surface area (Å²) in [6.07, 6.45) is 1.14. The van der Waals surface area contributed by atoms with Gasteiger partial charge in [-0.3, -0.25) is 4.21 Å². The molecule has 0 spiro atoms. The molecule has 1 heterocycles. The molecular weight excluding hydrogens is 312 g/mol. The van der Waals surface area contributed by atoms with Crippen LogP contribution in [-0.2, 0) is 20.8 Å². The number of pyridine rings is 1. The molecule has 0 aliphatic rings. The summed E-state index contributed by atoms with van der Waals surface area (Å²) < 4.78 is 37.3. The maximum Gasteiger partial charge on any atom is 0.242 e. The van der Waals surface area contributed by atoms with Crippen LogP contribution in [0.2, 0.25) is 5.02 Å². The van der Waals surface area contributed by atoms with Crippen LogP contribution in [-0.4, -0.2) is 35.7 Å². The van der Waals surface area contributed by atoms with Gasteiger partial charge in [-0.1, -0.05) is 18.5 Å².